The Kier molecular flexibility index (Phi) is 4.02. The molecular formula is C14H13NO6. The van der Waals surface area contributed by atoms with Crippen LogP contribution < -0.4 is 0 Å². The number of imide groups is 3. The summed E-state index contributed by atoms with van der Waals surface area (Å²) in [6.07, 6.45) is -1.06. The summed E-state index contributed by atoms with van der Waals surface area (Å²) < 4.78 is 9.52. The number of carbonyl (C=O) groups excluding carboxylic acids is 4. The third-order valence-corrected chi connectivity index (χ3v) is 2.86. The third-order valence-electron chi connectivity index (χ3n) is 2.86. The summed E-state index contributed by atoms with van der Waals surface area (Å²) in [6, 6.07) is 4.19. The van der Waals surface area contributed by atoms with Crippen molar-refractivity contribution >= 4 is 23.9 Å². The second kappa shape index (κ2) is 5.74. The Morgan fingerprint density at radius 2 is 1.71 bits per heavy atom. The first-order chi connectivity index (χ1) is 10.0. The Labute approximate surface area is 120 Å². The first-order valence-corrected chi connectivity index (χ1v) is 6.38. The van der Waals surface area contributed by atoms with Crippen LogP contribution in [0.2, 0.25) is 0 Å². The van der Waals surface area contributed by atoms with Gasteiger partial charge in [-0.25, -0.2) is 9.59 Å². The zero-order chi connectivity index (χ0) is 15.6. The van der Waals surface area contributed by atoms with Gasteiger partial charge >= 0.3 is 12.1 Å². The Bertz CT molecular complexity index is 636. The lowest BCUT2D eigenvalue weighted by molar-refractivity contribution is 0.0512. The minimum Gasteiger partial charge on any atom is -0.462 e. The van der Waals surface area contributed by atoms with Crippen LogP contribution in [0.25, 0.3) is 0 Å². The summed E-state index contributed by atoms with van der Waals surface area (Å²) in [7, 11) is 0. The highest BCUT2D eigenvalue weighted by Gasteiger charge is 2.43. The minimum absolute atomic E-state index is 0.0152. The van der Waals surface area contributed by atoms with Crippen LogP contribution in [0.15, 0.2) is 18.2 Å². The minimum atomic E-state index is -1.06. The molecule has 0 radical (unpaired) electrons. The molecule has 110 valence electrons. The molecule has 7 nitrogen and oxygen atoms in total. The number of fused-ring (bicyclic) bond motifs is 1. The van der Waals surface area contributed by atoms with Crippen LogP contribution in [-0.2, 0) is 9.47 Å². The lowest BCUT2D eigenvalue weighted by Crippen LogP contribution is -2.36. The normalized spacial score (nSPS) is 13.1. The number of hydrogen-bond donors (Lipinski definition) is 0. The maximum atomic E-state index is 12.2. The van der Waals surface area contributed by atoms with Crippen LogP contribution in [0.3, 0.4) is 0 Å². The van der Waals surface area contributed by atoms with Gasteiger partial charge < -0.3 is 9.47 Å². The molecule has 1 aliphatic heterocycles. The molecular weight excluding hydrogens is 278 g/mol. The first kappa shape index (κ1) is 14.7. The van der Waals surface area contributed by atoms with E-state index in [9.17, 15) is 19.2 Å². The second-order valence-electron chi connectivity index (χ2n) is 4.09. The predicted octanol–water partition coefficient (Wildman–Crippen LogP) is 1.62. The zero-order valence-electron chi connectivity index (χ0n) is 11.5. The summed E-state index contributed by atoms with van der Waals surface area (Å²) in [6.45, 7) is 3.34. The largest absolute Gasteiger partial charge is 0.462 e. The van der Waals surface area contributed by atoms with Crippen molar-refractivity contribution in [3.63, 3.8) is 0 Å². The molecule has 0 unspecified atom stereocenters. The SMILES string of the molecule is CCOC(=O)c1cccc2c1C(=O)N(C(=O)OCC)C2=O. The summed E-state index contributed by atoms with van der Waals surface area (Å²) in [4.78, 5) is 48.3. The molecule has 0 atom stereocenters. The van der Waals surface area contributed by atoms with E-state index in [1.807, 2.05) is 0 Å². The van der Waals surface area contributed by atoms with Gasteiger partial charge in [-0.15, -0.1) is 0 Å². The monoisotopic (exact) mass is 291 g/mol. The van der Waals surface area contributed by atoms with E-state index < -0.39 is 23.9 Å². The molecule has 1 aromatic rings. The van der Waals surface area contributed by atoms with Crippen molar-refractivity contribution in [2.24, 2.45) is 0 Å². The Balaban J connectivity index is 2.47. The van der Waals surface area contributed by atoms with Crippen LogP contribution in [0.4, 0.5) is 4.79 Å². The van der Waals surface area contributed by atoms with Crippen molar-refractivity contribution in [1.29, 1.82) is 0 Å². The molecule has 0 aromatic heterocycles. The number of nitrogens with zero attached hydrogens (tertiary/aromatic N) is 1. The van der Waals surface area contributed by atoms with E-state index in [2.05, 4.69) is 4.74 Å². The van der Waals surface area contributed by atoms with Crippen molar-refractivity contribution < 1.29 is 28.7 Å². The van der Waals surface area contributed by atoms with Crippen LogP contribution in [0, 0.1) is 0 Å². The number of carbonyl (C=O) groups is 4. The van der Waals surface area contributed by atoms with Crippen molar-refractivity contribution in [2.45, 2.75) is 13.8 Å². The highest BCUT2D eigenvalue weighted by atomic mass is 16.6. The highest BCUT2D eigenvalue weighted by Crippen LogP contribution is 2.27. The third kappa shape index (κ3) is 2.37. The molecule has 0 fully saturated rings. The fourth-order valence-electron chi connectivity index (χ4n) is 2.02. The molecule has 0 bridgehead atoms. The molecule has 0 N–H and O–H groups in total. The highest BCUT2D eigenvalue weighted by molar-refractivity contribution is 6.30. The topological polar surface area (TPSA) is 90.0 Å². The van der Waals surface area contributed by atoms with Gasteiger partial charge in [0.1, 0.15) is 0 Å². The van der Waals surface area contributed by atoms with Gasteiger partial charge in [-0.2, -0.15) is 4.90 Å². The molecule has 1 aromatic carbocycles. The standard InChI is InChI=1S/C14H13NO6/c1-3-20-13(18)9-7-5-6-8-10(9)12(17)15(11(8)16)14(19)21-4-2/h5-7H,3-4H2,1-2H3. The Hall–Kier alpha value is -2.70. The van der Waals surface area contributed by atoms with Crippen LogP contribution in [0.1, 0.15) is 44.9 Å². The molecule has 3 amide bonds. The van der Waals surface area contributed by atoms with E-state index in [4.69, 9.17) is 4.74 Å². The van der Waals surface area contributed by atoms with Gasteiger partial charge in [0.05, 0.1) is 29.9 Å². The van der Waals surface area contributed by atoms with Gasteiger partial charge in [0.2, 0.25) is 0 Å². The van der Waals surface area contributed by atoms with Gasteiger partial charge in [-0.05, 0) is 26.0 Å². The molecule has 7 heteroatoms. The molecule has 2 rings (SSSR count). The maximum absolute atomic E-state index is 12.2. The van der Waals surface area contributed by atoms with Gasteiger partial charge in [0, 0.05) is 0 Å². The second-order valence-corrected chi connectivity index (χ2v) is 4.09. The van der Waals surface area contributed by atoms with E-state index in [1.54, 1.807) is 13.8 Å². The molecule has 0 saturated carbocycles. The van der Waals surface area contributed by atoms with Crippen molar-refractivity contribution in [1.82, 2.24) is 4.90 Å². The fourth-order valence-corrected chi connectivity index (χ4v) is 2.02. The summed E-state index contributed by atoms with van der Waals surface area (Å²) in [5.74, 6) is -2.40. The van der Waals surface area contributed by atoms with Crippen molar-refractivity contribution in [3.05, 3.63) is 34.9 Å². The van der Waals surface area contributed by atoms with E-state index in [0.29, 0.717) is 4.90 Å². The van der Waals surface area contributed by atoms with Gasteiger partial charge in [0.25, 0.3) is 11.8 Å². The molecule has 1 aliphatic rings. The van der Waals surface area contributed by atoms with Gasteiger partial charge in [0.15, 0.2) is 0 Å². The Morgan fingerprint density at radius 1 is 1.05 bits per heavy atom. The van der Waals surface area contributed by atoms with Crippen molar-refractivity contribution in [2.75, 3.05) is 13.2 Å². The number of ether oxygens (including phenoxy) is 2. The van der Waals surface area contributed by atoms with E-state index in [1.165, 1.54) is 18.2 Å². The molecule has 1 heterocycles. The summed E-state index contributed by atoms with van der Waals surface area (Å²) >= 11 is 0. The van der Waals surface area contributed by atoms with Gasteiger partial charge in [-0.3, -0.25) is 9.59 Å². The number of rotatable bonds is 3. The average Bonchev–Trinajstić information content (AvgIpc) is 2.71. The van der Waals surface area contributed by atoms with E-state index in [-0.39, 0.29) is 29.9 Å². The summed E-state index contributed by atoms with van der Waals surface area (Å²) in [5.41, 5.74) is -0.188. The predicted molar refractivity (Wildman–Crippen MR) is 69.9 cm³/mol. The lowest BCUT2D eigenvalue weighted by Gasteiger charge is -2.10. The smallest absolute Gasteiger partial charge is 0.424 e. The van der Waals surface area contributed by atoms with E-state index in [0.717, 1.165) is 0 Å². The molecule has 0 aliphatic carbocycles. The average molecular weight is 291 g/mol. The first-order valence-electron chi connectivity index (χ1n) is 6.38. The molecule has 0 saturated heterocycles. The van der Waals surface area contributed by atoms with Crippen molar-refractivity contribution in [3.8, 4) is 0 Å². The number of esters is 1. The van der Waals surface area contributed by atoms with Crippen LogP contribution >= 0.6 is 0 Å². The Morgan fingerprint density at radius 3 is 2.33 bits per heavy atom. The molecule has 0 spiro atoms. The van der Waals surface area contributed by atoms with Crippen LogP contribution in [0.5, 0.6) is 0 Å². The number of hydrogen-bond acceptors (Lipinski definition) is 6. The van der Waals surface area contributed by atoms with Gasteiger partial charge in [-0.1, -0.05) is 6.07 Å². The lowest BCUT2D eigenvalue weighted by atomic mass is 10.0. The van der Waals surface area contributed by atoms with E-state index >= 15 is 0 Å². The fraction of sp³-hybridized carbons (Fsp3) is 0.286. The quantitative estimate of drug-likeness (QED) is 0.621. The van der Waals surface area contributed by atoms with Crippen LogP contribution in [-0.4, -0.2) is 42.0 Å². The number of benzene rings is 1. The summed E-state index contributed by atoms with van der Waals surface area (Å²) in [5, 5.41) is 0. The molecule has 21 heavy (non-hydrogen) atoms. The zero-order valence-corrected chi connectivity index (χ0v) is 11.5. The maximum Gasteiger partial charge on any atom is 0.424 e. The number of amides is 3.